The second-order valence-electron chi connectivity index (χ2n) is 4.73. The fraction of sp³-hybridized carbons (Fsp3) is 0.200. The van der Waals surface area contributed by atoms with Gasteiger partial charge in [0.15, 0.2) is 5.13 Å². The second-order valence-corrected chi connectivity index (χ2v) is 6.79. The van der Waals surface area contributed by atoms with E-state index in [2.05, 4.69) is 36.3 Å². The summed E-state index contributed by atoms with van der Waals surface area (Å²) in [5, 5.41) is 5.53. The minimum atomic E-state index is -0.0139. The van der Waals surface area contributed by atoms with E-state index in [9.17, 15) is 4.79 Å². The lowest BCUT2D eigenvalue weighted by molar-refractivity contribution is -0.115. The highest BCUT2D eigenvalue weighted by atomic mass is 32.1. The van der Waals surface area contributed by atoms with E-state index in [0.717, 1.165) is 15.1 Å². The lowest BCUT2D eigenvalue weighted by atomic mass is 10.1. The minimum Gasteiger partial charge on any atom is -0.302 e. The molecule has 1 aromatic carbocycles. The first-order chi connectivity index (χ1) is 9.61. The van der Waals surface area contributed by atoms with Gasteiger partial charge in [0.2, 0.25) is 5.91 Å². The first kappa shape index (κ1) is 13.3. The average molecular weight is 302 g/mol. The Kier molecular flexibility index (Phi) is 3.54. The number of thiazole rings is 1. The van der Waals surface area contributed by atoms with Crippen LogP contribution in [0, 0.1) is 13.8 Å². The number of aryl methyl sites for hydroxylation is 2. The number of hydrogen-bond donors (Lipinski definition) is 1. The molecule has 3 aromatic rings. The van der Waals surface area contributed by atoms with Gasteiger partial charge in [-0.25, -0.2) is 4.98 Å². The molecule has 0 spiro atoms. The summed E-state index contributed by atoms with van der Waals surface area (Å²) in [6.07, 6.45) is 0.408. The summed E-state index contributed by atoms with van der Waals surface area (Å²) in [6, 6.07) is 8.11. The summed E-state index contributed by atoms with van der Waals surface area (Å²) in [6.45, 7) is 4.16. The van der Waals surface area contributed by atoms with Crippen LogP contribution in [0.5, 0.6) is 0 Å². The Morgan fingerprint density at radius 3 is 2.85 bits per heavy atom. The number of hydrogen-bond acceptors (Lipinski definition) is 4. The Labute approximate surface area is 125 Å². The fourth-order valence-electron chi connectivity index (χ4n) is 1.97. The topological polar surface area (TPSA) is 42.0 Å². The lowest BCUT2D eigenvalue weighted by Crippen LogP contribution is -2.13. The van der Waals surface area contributed by atoms with Gasteiger partial charge in [-0.2, -0.15) is 0 Å². The summed E-state index contributed by atoms with van der Waals surface area (Å²) in [5.41, 5.74) is 3.42. The highest BCUT2D eigenvalue weighted by Crippen LogP contribution is 2.28. The zero-order valence-corrected chi connectivity index (χ0v) is 12.9. The number of carbonyl (C=O) groups excluding carboxylic acids is 1. The van der Waals surface area contributed by atoms with Gasteiger partial charge in [0, 0.05) is 4.88 Å². The van der Waals surface area contributed by atoms with Crippen LogP contribution in [0.25, 0.3) is 10.2 Å². The smallest absolute Gasteiger partial charge is 0.231 e. The molecule has 1 amide bonds. The summed E-state index contributed by atoms with van der Waals surface area (Å²) in [4.78, 5) is 17.5. The molecule has 0 radical (unpaired) electrons. The van der Waals surface area contributed by atoms with Crippen LogP contribution in [0.15, 0.2) is 29.6 Å². The van der Waals surface area contributed by atoms with E-state index in [1.54, 1.807) is 11.3 Å². The Morgan fingerprint density at radius 2 is 2.10 bits per heavy atom. The Morgan fingerprint density at radius 1 is 1.30 bits per heavy atom. The van der Waals surface area contributed by atoms with Gasteiger partial charge in [-0.15, -0.1) is 11.3 Å². The number of rotatable bonds is 3. The van der Waals surface area contributed by atoms with E-state index in [4.69, 9.17) is 0 Å². The number of benzene rings is 1. The first-order valence-electron chi connectivity index (χ1n) is 6.32. The maximum atomic E-state index is 12.0. The maximum absolute atomic E-state index is 12.0. The minimum absolute atomic E-state index is 0.0139. The van der Waals surface area contributed by atoms with Crippen LogP contribution in [0.1, 0.15) is 16.0 Å². The largest absolute Gasteiger partial charge is 0.302 e. The molecule has 3 nitrogen and oxygen atoms in total. The van der Waals surface area contributed by atoms with Gasteiger partial charge < -0.3 is 5.32 Å². The summed E-state index contributed by atoms with van der Waals surface area (Å²) < 4.78 is 1.11. The third kappa shape index (κ3) is 2.73. The zero-order valence-electron chi connectivity index (χ0n) is 11.3. The lowest BCUT2D eigenvalue weighted by Gasteiger charge is -1.98. The van der Waals surface area contributed by atoms with Crippen molar-refractivity contribution >= 4 is 43.9 Å². The fourth-order valence-corrected chi connectivity index (χ4v) is 3.63. The van der Waals surface area contributed by atoms with Crippen LogP contribution in [-0.4, -0.2) is 10.9 Å². The highest BCUT2D eigenvalue weighted by Gasteiger charge is 2.10. The Bertz CT molecular complexity index is 721. The predicted molar refractivity (Wildman–Crippen MR) is 85.7 cm³/mol. The molecule has 2 heterocycles. The Balaban J connectivity index is 1.79. The molecule has 0 bridgehead atoms. The zero-order chi connectivity index (χ0) is 14.1. The standard InChI is InChI=1S/C15H14N2OS2/c1-9-6-12-13(7-10(9)2)20-15(16-12)17-14(18)8-11-4-3-5-19-11/h3-7H,8H2,1-2H3,(H,16,17,18). The normalized spacial score (nSPS) is 10.9. The second kappa shape index (κ2) is 5.34. The molecule has 0 saturated heterocycles. The SMILES string of the molecule is Cc1cc2nc(NC(=O)Cc3cccs3)sc2cc1C. The van der Waals surface area contributed by atoms with Crippen molar-refractivity contribution in [3.63, 3.8) is 0 Å². The van der Waals surface area contributed by atoms with E-state index < -0.39 is 0 Å². The van der Waals surface area contributed by atoms with E-state index in [1.165, 1.54) is 22.5 Å². The third-order valence-electron chi connectivity index (χ3n) is 3.17. The maximum Gasteiger partial charge on any atom is 0.231 e. The van der Waals surface area contributed by atoms with E-state index in [0.29, 0.717) is 11.6 Å². The summed E-state index contributed by atoms with van der Waals surface area (Å²) in [7, 11) is 0. The molecule has 102 valence electrons. The van der Waals surface area contributed by atoms with Gasteiger partial charge in [-0.1, -0.05) is 17.4 Å². The van der Waals surface area contributed by atoms with Crippen molar-refractivity contribution in [3.8, 4) is 0 Å². The first-order valence-corrected chi connectivity index (χ1v) is 8.01. The van der Waals surface area contributed by atoms with Crippen LogP contribution >= 0.6 is 22.7 Å². The summed E-state index contributed by atoms with van der Waals surface area (Å²) >= 11 is 3.11. The molecule has 0 saturated carbocycles. The number of thiophene rings is 1. The van der Waals surface area contributed by atoms with Gasteiger partial charge >= 0.3 is 0 Å². The summed E-state index contributed by atoms with van der Waals surface area (Å²) in [5.74, 6) is -0.0139. The third-order valence-corrected chi connectivity index (χ3v) is 4.98. The van der Waals surface area contributed by atoms with Gasteiger partial charge in [-0.3, -0.25) is 4.79 Å². The molecular weight excluding hydrogens is 288 g/mol. The van der Waals surface area contributed by atoms with Crippen molar-refractivity contribution in [2.75, 3.05) is 5.32 Å². The molecule has 5 heteroatoms. The molecule has 0 unspecified atom stereocenters. The molecule has 3 rings (SSSR count). The van der Waals surface area contributed by atoms with Crippen LogP contribution in [0.4, 0.5) is 5.13 Å². The average Bonchev–Trinajstić information content (AvgIpc) is 2.99. The molecule has 0 atom stereocenters. The van der Waals surface area contributed by atoms with Crippen LogP contribution in [0.3, 0.4) is 0 Å². The molecular formula is C15H14N2OS2. The van der Waals surface area contributed by atoms with E-state index in [-0.39, 0.29) is 5.91 Å². The molecule has 0 aliphatic carbocycles. The van der Waals surface area contributed by atoms with Crippen LogP contribution in [-0.2, 0) is 11.2 Å². The number of fused-ring (bicyclic) bond motifs is 1. The van der Waals surface area contributed by atoms with Gasteiger partial charge in [-0.05, 0) is 48.6 Å². The quantitative estimate of drug-likeness (QED) is 0.789. The molecule has 0 aliphatic rings. The molecule has 0 aliphatic heterocycles. The van der Waals surface area contributed by atoms with Gasteiger partial charge in [0.25, 0.3) is 0 Å². The number of anilines is 1. The van der Waals surface area contributed by atoms with E-state index in [1.807, 2.05) is 17.5 Å². The predicted octanol–water partition coefficient (Wildman–Crippen LogP) is 4.16. The molecule has 2 aromatic heterocycles. The molecule has 0 fully saturated rings. The highest BCUT2D eigenvalue weighted by molar-refractivity contribution is 7.22. The van der Waals surface area contributed by atoms with Crippen molar-refractivity contribution < 1.29 is 4.79 Å². The Hall–Kier alpha value is -1.72. The number of nitrogens with one attached hydrogen (secondary N) is 1. The van der Waals surface area contributed by atoms with Gasteiger partial charge in [0.1, 0.15) is 0 Å². The number of carbonyl (C=O) groups is 1. The van der Waals surface area contributed by atoms with E-state index >= 15 is 0 Å². The number of aromatic nitrogens is 1. The van der Waals surface area contributed by atoms with Crippen LogP contribution < -0.4 is 5.32 Å². The van der Waals surface area contributed by atoms with Crippen molar-refractivity contribution in [2.24, 2.45) is 0 Å². The van der Waals surface area contributed by atoms with Crippen molar-refractivity contribution in [1.82, 2.24) is 4.98 Å². The molecule has 1 N–H and O–H groups in total. The number of amides is 1. The monoisotopic (exact) mass is 302 g/mol. The van der Waals surface area contributed by atoms with Crippen LogP contribution in [0.2, 0.25) is 0 Å². The van der Waals surface area contributed by atoms with Gasteiger partial charge in [0.05, 0.1) is 16.6 Å². The number of nitrogens with zero attached hydrogens (tertiary/aromatic N) is 1. The molecule has 20 heavy (non-hydrogen) atoms. The van der Waals surface area contributed by atoms with Crippen molar-refractivity contribution in [2.45, 2.75) is 20.3 Å². The van der Waals surface area contributed by atoms with Crippen molar-refractivity contribution in [1.29, 1.82) is 0 Å². The van der Waals surface area contributed by atoms with Crippen molar-refractivity contribution in [3.05, 3.63) is 45.6 Å².